The van der Waals surface area contributed by atoms with E-state index in [1.165, 1.54) is 5.56 Å². The number of aromatic nitrogens is 2. The van der Waals surface area contributed by atoms with Crippen molar-refractivity contribution in [2.24, 2.45) is 0 Å². The second-order valence-corrected chi connectivity index (χ2v) is 8.29. The van der Waals surface area contributed by atoms with Crippen molar-refractivity contribution >= 4 is 5.91 Å². The zero-order valence-electron chi connectivity index (χ0n) is 19.1. The molecule has 33 heavy (non-hydrogen) atoms. The molecule has 4 aromatic rings. The summed E-state index contributed by atoms with van der Waals surface area (Å²) in [6.45, 7) is 4.63. The highest BCUT2D eigenvalue weighted by Crippen LogP contribution is 2.23. The topological polar surface area (TPSA) is 59.2 Å². The first-order valence-electron chi connectivity index (χ1n) is 11.4. The average molecular weight is 440 g/mol. The van der Waals surface area contributed by atoms with Crippen molar-refractivity contribution in [3.05, 3.63) is 108 Å². The van der Waals surface area contributed by atoms with Gasteiger partial charge in [0.2, 0.25) is 17.6 Å². The summed E-state index contributed by atoms with van der Waals surface area (Å²) < 4.78 is 5.50. The molecule has 0 aliphatic carbocycles. The van der Waals surface area contributed by atoms with Crippen molar-refractivity contribution in [3.63, 3.8) is 0 Å². The smallest absolute Gasteiger partial charge is 0.228 e. The van der Waals surface area contributed by atoms with Crippen LogP contribution in [0.15, 0.2) is 89.5 Å². The van der Waals surface area contributed by atoms with Gasteiger partial charge in [0.1, 0.15) is 0 Å². The van der Waals surface area contributed by atoms with Crippen LogP contribution in [-0.4, -0.2) is 27.5 Å². The minimum atomic E-state index is -0.0473. The van der Waals surface area contributed by atoms with Gasteiger partial charge in [-0.05, 0) is 31.4 Å². The highest BCUT2D eigenvalue weighted by molar-refractivity contribution is 5.77. The summed E-state index contributed by atoms with van der Waals surface area (Å²) in [5.74, 6) is 1.23. The predicted molar refractivity (Wildman–Crippen MR) is 130 cm³/mol. The quantitative estimate of drug-likeness (QED) is 0.330. The molecule has 0 saturated heterocycles. The van der Waals surface area contributed by atoms with E-state index >= 15 is 0 Å². The van der Waals surface area contributed by atoms with Gasteiger partial charge in [-0.25, -0.2) is 0 Å². The predicted octanol–water partition coefficient (Wildman–Crippen LogP) is 5.81. The number of benzene rings is 3. The van der Waals surface area contributed by atoms with Gasteiger partial charge in [-0.1, -0.05) is 95.6 Å². The number of amides is 1. The number of nitrogens with zero attached hydrogens (tertiary/aromatic N) is 3. The molecule has 0 saturated carbocycles. The van der Waals surface area contributed by atoms with Crippen LogP contribution < -0.4 is 0 Å². The molecule has 1 amide bonds. The molecular formula is C28H29N3O2. The van der Waals surface area contributed by atoms with Crippen molar-refractivity contribution in [1.29, 1.82) is 0 Å². The lowest BCUT2D eigenvalue weighted by atomic mass is 10.0. The van der Waals surface area contributed by atoms with Crippen LogP contribution >= 0.6 is 0 Å². The van der Waals surface area contributed by atoms with E-state index in [4.69, 9.17) is 4.52 Å². The second kappa shape index (κ2) is 10.7. The van der Waals surface area contributed by atoms with Crippen LogP contribution in [0.25, 0.3) is 11.4 Å². The van der Waals surface area contributed by atoms with Crippen LogP contribution in [0, 0.1) is 6.92 Å². The SMILES string of the molecule is Cc1ccc(-c2noc(CCN(C(=O)CCc3ccccc3)[C@H](C)c3ccccc3)n2)cc1. The van der Waals surface area contributed by atoms with E-state index in [9.17, 15) is 4.79 Å². The first-order valence-corrected chi connectivity index (χ1v) is 11.4. The summed E-state index contributed by atoms with van der Waals surface area (Å²) >= 11 is 0. The maximum atomic E-state index is 13.3. The third-order valence-electron chi connectivity index (χ3n) is 5.88. The zero-order chi connectivity index (χ0) is 23.0. The van der Waals surface area contributed by atoms with E-state index in [1.54, 1.807) is 0 Å². The molecule has 0 N–H and O–H groups in total. The summed E-state index contributed by atoms with van der Waals surface area (Å²) in [4.78, 5) is 19.7. The fourth-order valence-corrected chi connectivity index (χ4v) is 3.88. The largest absolute Gasteiger partial charge is 0.339 e. The first kappa shape index (κ1) is 22.5. The van der Waals surface area contributed by atoms with Crippen LogP contribution in [0.3, 0.4) is 0 Å². The normalized spacial score (nSPS) is 11.8. The molecule has 1 aromatic heterocycles. The molecule has 0 spiro atoms. The molecule has 0 radical (unpaired) electrons. The Balaban J connectivity index is 1.46. The second-order valence-electron chi connectivity index (χ2n) is 8.29. The number of aryl methyl sites for hydroxylation is 2. The third kappa shape index (κ3) is 5.95. The maximum absolute atomic E-state index is 13.3. The fourth-order valence-electron chi connectivity index (χ4n) is 3.88. The Morgan fingerprint density at radius 3 is 2.27 bits per heavy atom. The molecule has 0 bridgehead atoms. The molecule has 0 aliphatic rings. The van der Waals surface area contributed by atoms with Crippen molar-refractivity contribution in [3.8, 4) is 11.4 Å². The Kier molecular flexibility index (Phi) is 7.30. The average Bonchev–Trinajstić information content (AvgIpc) is 3.33. The molecule has 4 rings (SSSR count). The van der Waals surface area contributed by atoms with Gasteiger partial charge in [-0.15, -0.1) is 0 Å². The lowest BCUT2D eigenvalue weighted by Crippen LogP contribution is -2.35. The molecule has 0 aliphatic heterocycles. The lowest BCUT2D eigenvalue weighted by molar-refractivity contribution is -0.133. The minimum Gasteiger partial charge on any atom is -0.339 e. The summed E-state index contributed by atoms with van der Waals surface area (Å²) in [5, 5.41) is 4.13. The molecule has 5 heteroatoms. The number of carbonyl (C=O) groups is 1. The summed E-state index contributed by atoms with van der Waals surface area (Å²) in [6.07, 6.45) is 1.68. The summed E-state index contributed by atoms with van der Waals surface area (Å²) in [5.41, 5.74) is 4.38. The van der Waals surface area contributed by atoms with Crippen LogP contribution in [0.4, 0.5) is 0 Å². The van der Waals surface area contributed by atoms with E-state index < -0.39 is 0 Å². The van der Waals surface area contributed by atoms with E-state index in [2.05, 4.69) is 41.3 Å². The van der Waals surface area contributed by atoms with Crippen LogP contribution in [0.5, 0.6) is 0 Å². The molecular weight excluding hydrogens is 410 g/mol. The van der Waals surface area contributed by atoms with Gasteiger partial charge in [-0.3, -0.25) is 4.79 Å². The Hall–Kier alpha value is -3.73. The molecule has 5 nitrogen and oxygen atoms in total. The van der Waals surface area contributed by atoms with Gasteiger partial charge < -0.3 is 9.42 Å². The Morgan fingerprint density at radius 1 is 0.909 bits per heavy atom. The van der Waals surface area contributed by atoms with Gasteiger partial charge in [0, 0.05) is 24.9 Å². The molecule has 168 valence electrons. The first-order chi connectivity index (χ1) is 16.1. The monoisotopic (exact) mass is 439 g/mol. The van der Waals surface area contributed by atoms with Crippen molar-refractivity contribution in [2.45, 2.75) is 39.2 Å². The Labute approximate surface area is 195 Å². The zero-order valence-corrected chi connectivity index (χ0v) is 19.1. The highest BCUT2D eigenvalue weighted by atomic mass is 16.5. The van der Waals surface area contributed by atoms with Crippen LogP contribution in [0.2, 0.25) is 0 Å². The standard InChI is InChI=1S/C28H29N3O2/c1-21-13-16-25(17-14-21)28-29-26(33-30-28)19-20-31(22(2)24-11-7-4-8-12-24)27(32)18-15-23-9-5-3-6-10-23/h3-14,16-17,22H,15,18-20H2,1-2H3/t22-/m1/s1. The van der Waals surface area contributed by atoms with Crippen molar-refractivity contribution in [1.82, 2.24) is 15.0 Å². The van der Waals surface area contributed by atoms with Gasteiger partial charge in [0.25, 0.3) is 0 Å². The van der Waals surface area contributed by atoms with Gasteiger partial charge in [-0.2, -0.15) is 4.98 Å². The van der Waals surface area contributed by atoms with Crippen LogP contribution in [-0.2, 0) is 17.6 Å². The Bertz CT molecular complexity index is 1150. The maximum Gasteiger partial charge on any atom is 0.228 e. The van der Waals surface area contributed by atoms with Crippen molar-refractivity contribution in [2.75, 3.05) is 6.54 Å². The minimum absolute atomic E-state index is 0.0473. The van der Waals surface area contributed by atoms with E-state index in [-0.39, 0.29) is 11.9 Å². The fraction of sp³-hybridized carbons (Fsp3) is 0.250. The van der Waals surface area contributed by atoms with Crippen molar-refractivity contribution < 1.29 is 9.32 Å². The number of hydrogen-bond acceptors (Lipinski definition) is 4. The third-order valence-corrected chi connectivity index (χ3v) is 5.88. The Morgan fingerprint density at radius 2 is 1.58 bits per heavy atom. The molecule has 0 unspecified atom stereocenters. The summed E-state index contributed by atoms with van der Waals surface area (Å²) in [6, 6.07) is 28.2. The molecule has 1 atom stereocenters. The van der Waals surface area contributed by atoms with Gasteiger partial charge >= 0.3 is 0 Å². The number of hydrogen-bond donors (Lipinski definition) is 0. The molecule has 1 heterocycles. The number of carbonyl (C=O) groups excluding carboxylic acids is 1. The van der Waals surface area contributed by atoms with E-state index in [1.807, 2.05) is 72.5 Å². The van der Waals surface area contributed by atoms with E-state index in [0.29, 0.717) is 31.1 Å². The number of rotatable bonds is 9. The highest BCUT2D eigenvalue weighted by Gasteiger charge is 2.22. The molecule has 0 fully saturated rings. The summed E-state index contributed by atoms with van der Waals surface area (Å²) in [7, 11) is 0. The lowest BCUT2D eigenvalue weighted by Gasteiger charge is -2.29. The van der Waals surface area contributed by atoms with Crippen LogP contribution in [0.1, 0.15) is 42.0 Å². The van der Waals surface area contributed by atoms with Gasteiger partial charge in [0.05, 0.1) is 6.04 Å². The molecule has 3 aromatic carbocycles. The van der Waals surface area contributed by atoms with Gasteiger partial charge in [0.15, 0.2) is 0 Å². The van der Waals surface area contributed by atoms with E-state index in [0.717, 1.165) is 23.1 Å².